The number of imidazole rings is 1. The molecule has 0 radical (unpaired) electrons. The molecule has 1 atom stereocenters. The summed E-state index contributed by atoms with van der Waals surface area (Å²) in [6.45, 7) is 5.42. The molecule has 0 saturated carbocycles. The van der Waals surface area contributed by atoms with Crippen molar-refractivity contribution in [2.24, 2.45) is 5.92 Å². The fourth-order valence-electron chi connectivity index (χ4n) is 3.81. The van der Waals surface area contributed by atoms with Crippen molar-refractivity contribution in [2.75, 3.05) is 19.6 Å². The van der Waals surface area contributed by atoms with Crippen LogP contribution in [0.2, 0.25) is 0 Å². The molecule has 0 bridgehead atoms. The number of nitrogens with zero attached hydrogens (tertiary/aromatic N) is 5. The third kappa shape index (κ3) is 3.33. The summed E-state index contributed by atoms with van der Waals surface area (Å²) in [7, 11) is 0. The van der Waals surface area contributed by atoms with Gasteiger partial charge in [0.25, 0.3) is 0 Å². The normalized spacial score (nSPS) is 21.8. The van der Waals surface area contributed by atoms with Gasteiger partial charge in [-0.15, -0.1) is 0 Å². The summed E-state index contributed by atoms with van der Waals surface area (Å²) in [4.78, 5) is 25.1. The minimum absolute atomic E-state index is 0.311. The number of hydrogen-bond acceptors (Lipinski definition) is 4. The minimum Gasteiger partial charge on any atom is -0.342 e. The van der Waals surface area contributed by atoms with Crippen LogP contribution in [0.1, 0.15) is 24.2 Å². The van der Waals surface area contributed by atoms with Crippen LogP contribution in [0.15, 0.2) is 36.9 Å². The predicted octanol–water partition coefficient (Wildman–Crippen LogP) is 1.53. The maximum absolute atomic E-state index is 12.0. The lowest BCUT2D eigenvalue weighted by Gasteiger charge is -2.27. The fraction of sp³-hybridized carbons (Fsp3) is 0.500. The Morgan fingerprint density at radius 1 is 1.17 bits per heavy atom. The van der Waals surface area contributed by atoms with E-state index in [4.69, 9.17) is 0 Å². The average Bonchev–Trinajstić information content (AvgIpc) is 3.14. The monoisotopic (exact) mass is 325 g/mol. The van der Waals surface area contributed by atoms with Crippen molar-refractivity contribution in [3.8, 4) is 0 Å². The molecule has 1 fully saturated rings. The molecule has 24 heavy (non-hydrogen) atoms. The summed E-state index contributed by atoms with van der Waals surface area (Å²) in [6.07, 6.45) is 9.34. The molecule has 4 rings (SSSR count). The van der Waals surface area contributed by atoms with Gasteiger partial charge in [0.05, 0.1) is 6.54 Å². The Labute approximate surface area is 142 Å². The Hall–Kier alpha value is -2.21. The van der Waals surface area contributed by atoms with Gasteiger partial charge in [-0.05, 0) is 24.1 Å². The van der Waals surface area contributed by atoms with Crippen LogP contribution in [0.25, 0.3) is 0 Å². The van der Waals surface area contributed by atoms with Crippen LogP contribution in [0, 0.1) is 5.92 Å². The number of hydrogen-bond donors (Lipinski definition) is 0. The zero-order valence-corrected chi connectivity index (χ0v) is 13.8. The molecule has 1 saturated heterocycles. The van der Waals surface area contributed by atoms with Crippen molar-refractivity contribution in [3.63, 3.8) is 0 Å². The van der Waals surface area contributed by atoms with E-state index in [0.29, 0.717) is 18.2 Å². The van der Waals surface area contributed by atoms with Crippen molar-refractivity contribution >= 4 is 5.91 Å². The number of fused-ring (bicyclic) bond motifs is 1. The highest BCUT2D eigenvalue weighted by Crippen LogP contribution is 2.20. The average molecular weight is 325 g/mol. The van der Waals surface area contributed by atoms with E-state index in [-0.39, 0.29) is 0 Å². The lowest BCUT2D eigenvalue weighted by atomic mass is 10.1. The molecule has 2 aromatic rings. The lowest BCUT2D eigenvalue weighted by molar-refractivity contribution is -0.128. The number of rotatable bonds is 4. The number of pyridine rings is 1. The summed E-state index contributed by atoms with van der Waals surface area (Å²) in [6, 6.07) is 4.13. The summed E-state index contributed by atoms with van der Waals surface area (Å²) >= 11 is 0. The van der Waals surface area contributed by atoms with Gasteiger partial charge in [0, 0.05) is 69.8 Å². The molecule has 0 spiro atoms. The summed E-state index contributed by atoms with van der Waals surface area (Å²) in [5.74, 6) is 1.86. The standard InChI is InChI=1S/C18H23N5O/c24-18-2-1-8-23(18)13-16-11-21(10-15-3-5-19-6-4-15)14-17-20-7-9-22(17)12-16/h3-7,9,16H,1-2,8,10-14H2/t16-/m0/s1. The second kappa shape index (κ2) is 6.73. The van der Waals surface area contributed by atoms with Crippen molar-refractivity contribution in [2.45, 2.75) is 32.5 Å². The Balaban J connectivity index is 1.51. The number of carbonyl (C=O) groups excluding carboxylic acids is 1. The van der Waals surface area contributed by atoms with Gasteiger partial charge >= 0.3 is 0 Å². The number of likely N-dealkylation sites (tertiary alicyclic amines) is 1. The van der Waals surface area contributed by atoms with E-state index >= 15 is 0 Å². The van der Waals surface area contributed by atoms with E-state index in [1.807, 2.05) is 23.5 Å². The fourth-order valence-corrected chi connectivity index (χ4v) is 3.81. The van der Waals surface area contributed by atoms with Crippen LogP contribution >= 0.6 is 0 Å². The topological polar surface area (TPSA) is 54.3 Å². The largest absolute Gasteiger partial charge is 0.342 e. The zero-order valence-electron chi connectivity index (χ0n) is 13.8. The first kappa shape index (κ1) is 15.3. The van der Waals surface area contributed by atoms with Crippen molar-refractivity contribution in [3.05, 3.63) is 48.3 Å². The van der Waals surface area contributed by atoms with Gasteiger partial charge in [-0.25, -0.2) is 4.98 Å². The molecular formula is C18H23N5O. The van der Waals surface area contributed by atoms with Gasteiger partial charge in [0.2, 0.25) is 5.91 Å². The second-order valence-electron chi connectivity index (χ2n) is 6.83. The van der Waals surface area contributed by atoms with Gasteiger partial charge < -0.3 is 9.47 Å². The van der Waals surface area contributed by atoms with Crippen LogP contribution < -0.4 is 0 Å². The Bertz CT molecular complexity index is 698. The molecule has 0 N–H and O–H groups in total. The third-order valence-corrected chi connectivity index (χ3v) is 4.94. The molecule has 0 aliphatic carbocycles. The highest BCUT2D eigenvalue weighted by molar-refractivity contribution is 5.78. The maximum atomic E-state index is 12.0. The smallest absolute Gasteiger partial charge is 0.222 e. The molecule has 0 unspecified atom stereocenters. The molecule has 126 valence electrons. The van der Waals surface area contributed by atoms with E-state index in [1.165, 1.54) is 5.56 Å². The molecule has 0 aromatic carbocycles. The first-order valence-corrected chi connectivity index (χ1v) is 8.67. The lowest BCUT2D eigenvalue weighted by Crippen LogP contribution is -2.37. The van der Waals surface area contributed by atoms with Crippen LogP contribution in [-0.4, -0.2) is 49.9 Å². The summed E-state index contributed by atoms with van der Waals surface area (Å²) < 4.78 is 2.25. The molecule has 2 aliphatic heterocycles. The summed E-state index contributed by atoms with van der Waals surface area (Å²) in [5.41, 5.74) is 1.26. The number of amides is 1. The van der Waals surface area contributed by atoms with E-state index in [2.05, 4.69) is 37.8 Å². The molecule has 2 aliphatic rings. The van der Waals surface area contributed by atoms with Gasteiger partial charge in [-0.2, -0.15) is 0 Å². The second-order valence-corrected chi connectivity index (χ2v) is 6.83. The first-order valence-electron chi connectivity index (χ1n) is 8.67. The van der Waals surface area contributed by atoms with Crippen molar-refractivity contribution < 1.29 is 4.79 Å². The predicted molar refractivity (Wildman–Crippen MR) is 89.9 cm³/mol. The van der Waals surface area contributed by atoms with E-state index < -0.39 is 0 Å². The first-order chi connectivity index (χ1) is 11.8. The van der Waals surface area contributed by atoms with E-state index in [9.17, 15) is 4.79 Å². The minimum atomic E-state index is 0.311. The third-order valence-electron chi connectivity index (χ3n) is 4.94. The van der Waals surface area contributed by atoms with Crippen molar-refractivity contribution in [1.82, 2.24) is 24.3 Å². The van der Waals surface area contributed by atoms with Crippen LogP contribution in [0.4, 0.5) is 0 Å². The molecule has 4 heterocycles. The van der Waals surface area contributed by atoms with Gasteiger partial charge in [0.15, 0.2) is 0 Å². The zero-order chi connectivity index (χ0) is 16.4. The van der Waals surface area contributed by atoms with Crippen LogP contribution in [0.5, 0.6) is 0 Å². The Kier molecular flexibility index (Phi) is 4.30. The Morgan fingerprint density at radius 3 is 2.83 bits per heavy atom. The van der Waals surface area contributed by atoms with Crippen LogP contribution in [0.3, 0.4) is 0 Å². The highest BCUT2D eigenvalue weighted by atomic mass is 16.2. The quantitative estimate of drug-likeness (QED) is 0.855. The number of carbonyl (C=O) groups is 1. The SMILES string of the molecule is O=C1CCCN1C[C@H]1CN(Cc2ccncc2)Cc2nccn2C1. The molecule has 2 aromatic heterocycles. The molecule has 6 nitrogen and oxygen atoms in total. The van der Waals surface area contributed by atoms with Crippen molar-refractivity contribution in [1.29, 1.82) is 0 Å². The van der Waals surface area contributed by atoms with Gasteiger partial charge in [0.1, 0.15) is 5.82 Å². The Morgan fingerprint density at radius 2 is 2.04 bits per heavy atom. The van der Waals surface area contributed by atoms with E-state index in [1.54, 1.807) is 0 Å². The maximum Gasteiger partial charge on any atom is 0.222 e. The molecule has 1 amide bonds. The molecular weight excluding hydrogens is 302 g/mol. The summed E-state index contributed by atoms with van der Waals surface area (Å²) in [5, 5.41) is 0. The van der Waals surface area contributed by atoms with Crippen LogP contribution in [-0.2, 0) is 24.4 Å². The number of aromatic nitrogens is 3. The molecule has 6 heteroatoms. The van der Waals surface area contributed by atoms with E-state index in [0.717, 1.165) is 51.5 Å². The van der Waals surface area contributed by atoms with Gasteiger partial charge in [-0.3, -0.25) is 14.7 Å². The van der Waals surface area contributed by atoms with Gasteiger partial charge in [-0.1, -0.05) is 0 Å². The highest BCUT2D eigenvalue weighted by Gasteiger charge is 2.27.